The van der Waals surface area contributed by atoms with Crippen molar-refractivity contribution in [1.29, 1.82) is 0 Å². The Morgan fingerprint density at radius 2 is 1.98 bits per heavy atom. The maximum absolute atomic E-state index is 12.3. The summed E-state index contributed by atoms with van der Waals surface area (Å²) in [5, 5.41) is 23.1. The maximum Gasteiger partial charge on any atom is 0.408 e. The largest absolute Gasteiger partial charge is 0.480 e. The molecule has 3 atom stereocenters. The van der Waals surface area contributed by atoms with Crippen LogP contribution in [0.15, 0.2) is 40.5 Å². The number of carboxylic acid groups (broad SMARTS) is 1. The number of nitrogens with zero attached hydrogens (tertiary/aromatic N) is 4. The van der Waals surface area contributed by atoms with Crippen molar-refractivity contribution in [3.63, 3.8) is 0 Å². The summed E-state index contributed by atoms with van der Waals surface area (Å²) in [7, 11) is 1.65. The van der Waals surface area contributed by atoms with Crippen LogP contribution in [0.5, 0.6) is 0 Å². The number of hydrogen-bond donors (Lipinski definition) is 3. The zero-order valence-electron chi connectivity index (χ0n) is 28.5. The molecule has 3 heterocycles. The van der Waals surface area contributed by atoms with E-state index in [-0.39, 0.29) is 25.2 Å². The van der Waals surface area contributed by atoms with Crippen LogP contribution in [0.1, 0.15) is 84.8 Å². The number of carbonyl (C=O) groups is 2. The van der Waals surface area contributed by atoms with Gasteiger partial charge in [0, 0.05) is 49.8 Å². The van der Waals surface area contributed by atoms with Crippen molar-refractivity contribution >= 4 is 51.7 Å². The predicted molar refractivity (Wildman–Crippen MR) is 186 cm³/mol. The van der Waals surface area contributed by atoms with Crippen LogP contribution in [0.2, 0.25) is 0 Å². The minimum atomic E-state index is -1.18. The lowest BCUT2D eigenvalue weighted by atomic mass is 9.85. The predicted octanol–water partition coefficient (Wildman–Crippen LogP) is 6.19. The molecule has 46 heavy (non-hydrogen) atoms. The van der Waals surface area contributed by atoms with Crippen molar-refractivity contribution in [2.75, 3.05) is 19.5 Å². The highest BCUT2D eigenvalue weighted by Gasteiger charge is 2.31. The Morgan fingerprint density at radius 3 is 2.52 bits per heavy atom. The van der Waals surface area contributed by atoms with Gasteiger partial charge in [0.15, 0.2) is 0 Å². The molecule has 0 saturated carbocycles. The van der Waals surface area contributed by atoms with E-state index in [0.717, 1.165) is 39.3 Å². The van der Waals surface area contributed by atoms with Crippen molar-refractivity contribution < 1.29 is 29.3 Å². The van der Waals surface area contributed by atoms with E-state index in [4.69, 9.17) is 19.5 Å². The van der Waals surface area contributed by atoms with Crippen LogP contribution in [0, 0.1) is 5.41 Å². The highest BCUT2D eigenvalue weighted by Crippen LogP contribution is 2.39. The Labute approximate surface area is 276 Å². The molecule has 1 unspecified atom stereocenters. The number of amides is 1. The average molecular weight is 656 g/mol. The normalized spacial score (nSPS) is 17.5. The lowest BCUT2D eigenvalue weighted by Crippen LogP contribution is -2.44. The van der Waals surface area contributed by atoms with E-state index in [1.807, 2.05) is 45.9 Å². The van der Waals surface area contributed by atoms with Crippen molar-refractivity contribution in [1.82, 2.24) is 14.9 Å². The molecule has 3 N–H and O–H groups in total. The van der Waals surface area contributed by atoms with Gasteiger partial charge in [0.05, 0.1) is 39.3 Å². The lowest BCUT2D eigenvalue weighted by molar-refractivity contribution is -0.139. The second-order valence-electron chi connectivity index (χ2n) is 13.0. The van der Waals surface area contributed by atoms with Crippen LogP contribution in [-0.4, -0.2) is 80.3 Å². The van der Waals surface area contributed by atoms with Crippen molar-refractivity contribution in [2.45, 2.75) is 98.6 Å². The van der Waals surface area contributed by atoms with Crippen LogP contribution in [-0.2, 0) is 27.2 Å². The van der Waals surface area contributed by atoms with Crippen LogP contribution in [0.3, 0.4) is 0 Å². The number of aliphatic hydroxyl groups is 1. The van der Waals surface area contributed by atoms with Crippen molar-refractivity contribution in [3.8, 4) is 0 Å². The van der Waals surface area contributed by atoms with Gasteiger partial charge < -0.3 is 29.6 Å². The third-order valence-corrected chi connectivity index (χ3v) is 8.67. The number of ether oxygens (including phenoxy) is 2. The second kappa shape index (κ2) is 15.4. The van der Waals surface area contributed by atoms with Crippen LogP contribution >= 0.6 is 11.8 Å². The number of hydrogen-bond acceptors (Lipinski definition) is 9. The summed E-state index contributed by atoms with van der Waals surface area (Å²) in [5.41, 5.74) is 4.81. The van der Waals surface area contributed by atoms with Gasteiger partial charge in [0.25, 0.3) is 0 Å². The number of nitrogens with one attached hydrogen (secondary N) is 1. The third-order valence-electron chi connectivity index (χ3n) is 7.59. The first-order chi connectivity index (χ1) is 21.6. The quantitative estimate of drug-likeness (QED) is 0.161. The van der Waals surface area contributed by atoms with Gasteiger partial charge in [-0.25, -0.2) is 14.6 Å². The molecule has 2 aromatic rings. The molecular formula is C34H49N5O6S. The summed E-state index contributed by atoms with van der Waals surface area (Å²) in [6.45, 7) is 19.9. The number of carbonyl (C=O) groups excluding carboxylic acids is 1. The lowest BCUT2D eigenvalue weighted by Gasteiger charge is -2.23. The van der Waals surface area contributed by atoms with Gasteiger partial charge in [-0.15, -0.1) is 11.8 Å². The summed E-state index contributed by atoms with van der Waals surface area (Å²) in [6.07, 6.45) is 3.05. The second-order valence-corrected chi connectivity index (χ2v) is 14.1. The number of aryl methyl sites for hydroxylation is 1. The molecule has 1 aliphatic rings. The Kier molecular flexibility index (Phi) is 12.4. The van der Waals surface area contributed by atoms with Crippen LogP contribution in [0.4, 0.5) is 4.79 Å². The summed E-state index contributed by atoms with van der Waals surface area (Å²) in [6, 6.07) is 2.54. The fourth-order valence-electron chi connectivity index (χ4n) is 5.30. The van der Waals surface area contributed by atoms with E-state index in [0.29, 0.717) is 23.8 Å². The van der Waals surface area contributed by atoms with Crippen LogP contribution < -0.4 is 5.32 Å². The molecule has 0 aliphatic carbocycles. The standard InChI is InChI=1S/C34H49N5O6S/c1-11-21(28(35-12-2)20(4)44-10)30-22(17-34(8,9)19-40)29-26(39(30)13-3)15-14-23(37-29)25-18-46-27(36-25)16-24(31(41)42)38-32(43)45-33(5,6)7/h11-12,14-15,20,24-25,40H,1,13,16-19H2,2-10H3,(H,38,43)(H,41,42)/b28-21+,35-12?/t20-,24-,25?/m0/s1. The minimum absolute atomic E-state index is 0.0124. The Balaban J connectivity index is 2.13. The number of aliphatic imine (C=N–C) groups is 2. The molecule has 0 radical (unpaired) electrons. The first-order valence-electron chi connectivity index (χ1n) is 15.5. The van der Waals surface area contributed by atoms with Gasteiger partial charge in [-0.3, -0.25) is 9.98 Å². The topological polar surface area (TPSA) is 148 Å². The first-order valence-corrected chi connectivity index (χ1v) is 16.5. The molecule has 11 nitrogen and oxygen atoms in total. The van der Waals surface area contributed by atoms with E-state index >= 15 is 0 Å². The van der Waals surface area contributed by atoms with Gasteiger partial charge in [-0.05, 0) is 65.5 Å². The van der Waals surface area contributed by atoms with E-state index in [9.17, 15) is 19.8 Å². The molecule has 0 bridgehead atoms. The molecule has 1 aliphatic heterocycles. The first kappa shape index (κ1) is 37.0. The fraction of sp³-hybridized carbons (Fsp3) is 0.559. The summed E-state index contributed by atoms with van der Waals surface area (Å²) in [5.74, 6) is -0.577. The Morgan fingerprint density at radius 1 is 1.28 bits per heavy atom. The Hall–Kier alpha value is -3.48. The molecule has 1 amide bonds. The highest BCUT2D eigenvalue weighted by molar-refractivity contribution is 8.14. The Bertz CT molecular complexity index is 1530. The SMILES string of the molecule is C=C/C(=C(\N=CC)[C@H](C)OC)c1c(CC(C)(C)CO)c2nc(C3CSC(C[C@H](NC(=O)OC(C)(C)C)C(=O)O)=N3)ccc2n1CC. The van der Waals surface area contributed by atoms with Crippen LogP contribution in [0.25, 0.3) is 16.6 Å². The van der Waals surface area contributed by atoms with Crippen molar-refractivity contribution in [2.24, 2.45) is 15.4 Å². The molecule has 3 rings (SSSR count). The summed E-state index contributed by atoms with van der Waals surface area (Å²) < 4.78 is 13.1. The maximum atomic E-state index is 12.3. The molecule has 0 spiro atoms. The molecular weight excluding hydrogens is 606 g/mol. The van der Waals surface area contributed by atoms with E-state index in [1.165, 1.54) is 11.8 Å². The van der Waals surface area contributed by atoms with Gasteiger partial charge in [0.2, 0.25) is 0 Å². The van der Waals surface area contributed by atoms with Crippen molar-refractivity contribution in [3.05, 3.63) is 47.4 Å². The number of pyridine rings is 1. The monoisotopic (exact) mass is 655 g/mol. The van der Waals surface area contributed by atoms with Gasteiger partial charge in [-0.2, -0.15) is 0 Å². The number of thioether (sulfide) groups is 1. The molecule has 0 fully saturated rings. The zero-order valence-corrected chi connectivity index (χ0v) is 29.3. The smallest absolute Gasteiger partial charge is 0.408 e. The third kappa shape index (κ3) is 8.86. The number of alkyl carbamates (subject to hydrolysis) is 1. The number of aliphatic carboxylic acids is 1. The number of methoxy groups -OCH3 is 1. The number of carboxylic acids is 1. The number of aromatic nitrogens is 2. The molecule has 0 saturated heterocycles. The summed E-state index contributed by atoms with van der Waals surface area (Å²) >= 11 is 1.46. The number of aliphatic hydroxyl groups excluding tert-OH is 1. The molecule has 12 heteroatoms. The fourth-order valence-corrected chi connectivity index (χ4v) is 6.39. The number of allylic oxidation sites excluding steroid dienone is 2. The van der Waals surface area contributed by atoms with Gasteiger partial charge in [0.1, 0.15) is 17.7 Å². The molecule has 0 aromatic carbocycles. The highest BCUT2D eigenvalue weighted by atomic mass is 32.2. The van der Waals surface area contributed by atoms with E-state index in [1.54, 1.807) is 34.1 Å². The summed E-state index contributed by atoms with van der Waals surface area (Å²) in [4.78, 5) is 38.9. The van der Waals surface area contributed by atoms with Gasteiger partial charge >= 0.3 is 12.1 Å². The number of fused-ring (bicyclic) bond motifs is 1. The molecule has 2 aromatic heterocycles. The average Bonchev–Trinajstić information content (AvgIpc) is 3.57. The van der Waals surface area contributed by atoms with E-state index < -0.39 is 29.1 Å². The van der Waals surface area contributed by atoms with E-state index in [2.05, 4.69) is 28.4 Å². The number of rotatable bonds is 14. The molecule has 252 valence electrons. The van der Waals surface area contributed by atoms with Gasteiger partial charge in [-0.1, -0.05) is 26.5 Å². The zero-order chi connectivity index (χ0) is 34.4. The minimum Gasteiger partial charge on any atom is -0.480 e.